The molecule has 0 spiro atoms. The molecule has 1 aliphatic rings. The van der Waals surface area contributed by atoms with Gasteiger partial charge in [-0.3, -0.25) is 14.9 Å². The second-order valence-electron chi connectivity index (χ2n) is 4.31. The molecule has 1 aromatic carbocycles. The van der Waals surface area contributed by atoms with Gasteiger partial charge in [0.1, 0.15) is 5.38 Å². The van der Waals surface area contributed by atoms with Crippen LogP contribution in [0.4, 0.5) is 13.2 Å². The van der Waals surface area contributed by atoms with Crippen LogP contribution in [0.2, 0.25) is 0 Å². The molecule has 0 bridgehead atoms. The highest BCUT2D eigenvalue weighted by molar-refractivity contribution is 6.37. The fourth-order valence-corrected chi connectivity index (χ4v) is 2.33. The molecule has 19 heavy (non-hydrogen) atoms. The molecule has 2 rings (SSSR count). The molecule has 2 atom stereocenters. The first-order valence-corrected chi connectivity index (χ1v) is 5.82. The Morgan fingerprint density at radius 2 is 1.84 bits per heavy atom. The van der Waals surface area contributed by atoms with E-state index in [4.69, 9.17) is 11.6 Å². The second kappa shape index (κ2) is 4.52. The van der Waals surface area contributed by atoms with E-state index in [0.717, 1.165) is 6.07 Å². The van der Waals surface area contributed by atoms with Gasteiger partial charge in [-0.2, -0.15) is 13.2 Å². The van der Waals surface area contributed by atoms with Crippen molar-refractivity contribution >= 4 is 23.4 Å². The van der Waals surface area contributed by atoms with Crippen molar-refractivity contribution in [1.82, 2.24) is 5.32 Å². The number of hydrogen-bond acceptors (Lipinski definition) is 2. The molecule has 1 aromatic rings. The minimum absolute atomic E-state index is 0.0482. The van der Waals surface area contributed by atoms with Gasteiger partial charge in [0.25, 0.3) is 0 Å². The van der Waals surface area contributed by atoms with E-state index in [1.165, 1.54) is 19.1 Å². The average molecular weight is 292 g/mol. The van der Waals surface area contributed by atoms with Gasteiger partial charge in [-0.05, 0) is 24.1 Å². The zero-order chi connectivity index (χ0) is 14.4. The molecular formula is C12H9ClF3NO2. The van der Waals surface area contributed by atoms with Crippen LogP contribution in [0.3, 0.4) is 0 Å². The Labute approximate surface area is 111 Å². The van der Waals surface area contributed by atoms with Crippen LogP contribution in [0.5, 0.6) is 0 Å². The van der Waals surface area contributed by atoms with Crippen molar-refractivity contribution in [2.75, 3.05) is 0 Å². The highest BCUT2D eigenvalue weighted by Gasteiger charge is 2.42. The number of imide groups is 1. The van der Waals surface area contributed by atoms with Crippen LogP contribution in [-0.2, 0) is 15.8 Å². The molecular weight excluding hydrogens is 283 g/mol. The van der Waals surface area contributed by atoms with Crippen LogP contribution in [0.1, 0.15) is 22.6 Å². The summed E-state index contributed by atoms with van der Waals surface area (Å²) in [5.74, 6) is -2.45. The number of hydrogen-bond donors (Lipinski definition) is 1. The van der Waals surface area contributed by atoms with Gasteiger partial charge in [-0.15, -0.1) is 11.6 Å². The summed E-state index contributed by atoms with van der Waals surface area (Å²) in [6.07, 6.45) is -4.51. The van der Waals surface area contributed by atoms with Gasteiger partial charge < -0.3 is 0 Å². The Morgan fingerprint density at radius 1 is 1.21 bits per heavy atom. The zero-order valence-corrected chi connectivity index (χ0v) is 10.5. The van der Waals surface area contributed by atoms with E-state index in [-0.39, 0.29) is 11.1 Å². The van der Waals surface area contributed by atoms with Crippen molar-refractivity contribution < 1.29 is 22.8 Å². The lowest BCUT2D eigenvalue weighted by atomic mass is 9.93. The summed E-state index contributed by atoms with van der Waals surface area (Å²) in [6, 6.07) is 3.51. The molecule has 0 aromatic heterocycles. The van der Waals surface area contributed by atoms with E-state index in [9.17, 15) is 22.8 Å². The molecule has 0 aliphatic carbocycles. The van der Waals surface area contributed by atoms with Gasteiger partial charge in [-0.1, -0.05) is 12.1 Å². The first-order chi connectivity index (χ1) is 8.71. The number of rotatable bonds is 1. The van der Waals surface area contributed by atoms with Crippen LogP contribution >= 0.6 is 11.6 Å². The molecule has 0 saturated carbocycles. The summed E-state index contributed by atoms with van der Waals surface area (Å²) in [7, 11) is 0. The van der Waals surface area contributed by atoms with Crippen LogP contribution in [-0.4, -0.2) is 17.2 Å². The zero-order valence-electron chi connectivity index (χ0n) is 9.72. The number of nitrogens with one attached hydrogen (secondary N) is 1. The highest BCUT2D eigenvalue weighted by Crippen LogP contribution is 2.36. The summed E-state index contributed by atoms with van der Waals surface area (Å²) in [4.78, 5) is 22.8. The summed E-state index contributed by atoms with van der Waals surface area (Å²) in [5, 5.41) is 0.813. The van der Waals surface area contributed by atoms with Gasteiger partial charge in [-0.25, -0.2) is 0 Å². The maximum Gasteiger partial charge on any atom is 0.416 e. The first-order valence-electron chi connectivity index (χ1n) is 5.38. The summed E-state index contributed by atoms with van der Waals surface area (Å²) in [6.45, 7) is 1.32. The monoisotopic (exact) mass is 291 g/mol. The predicted octanol–water partition coefficient (Wildman–Crippen LogP) is 2.36. The fraction of sp³-hybridized carbons (Fsp3) is 0.333. The number of carbonyl (C=O) groups is 2. The van der Waals surface area contributed by atoms with Gasteiger partial charge in [0.05, 0.1) is 11.5 Å². The molecule has 1 fully saturated rings. The normalized spacial score (nSPS) is 23.6. The number of amides is 2. The van der Waals surface area contributed by atoms with Gasteiger partial charge in [0.2, 0.25) is 11.8 Å². The van der Waals surface area contributed by atoms with Crippen LogP contribution in [0.15, 0.2) is 18.2 Å². The lowest BCUT2D eigenvalue weighted by Crippen LogP contribution is -2.22. The molecule has 2 amide bonds. The third-order valence-electron chi connectivity index (χ3n) is 3.00. The van der Waals surface area contributed by atoms with Crippen molar-refractivity contribution in [3.8, 4) is 0 Å². The largest absolute Gasteiger partial charge is 0.416 e. The number of alkyl halides is 4. The summed E-state index contributed by atoms with van der Waals surface area (Å²) in [5.41, 5.74) is -0.700. The van der Waals surface area contributed by atoms with Gasteiger partial charge >= 0.3 is 6.18 Å². The SMILES string of the molecule is Cc1ccc(C2C(=O)NC(=O)C2Cl)cc1C(F)(F)F. The quantitative estimate of drug-likeness (QED) is 0.638. The van der Waals surface area contributed by atoms with Crippen molar-refractivity contribution in [1.29, 1.82) is 0 Å². The van der Waals surface area contributed by atoms with E-state index in [1.54, 1.807) is 0 Å². The van der Waals surface area contributed by atoms with Crippen LogP contribution in [0, 0.1) is 6.92 Å². The standard InChI is InChI=1S/C12H9ClF3NO2/c1-5-2-3-6(4-7(5)12(14,15)16)8-9(13)11(19)17-10(8)18/h2-4,8-9H,1H3,(H,17,18,19). The van der Waals surface area contributed by atoms with E-state index in [0.29, 0.717) is 0 Å². The minimum Gasteiger partial charge on any atom is -0.295 e. The number of aryl methyl sites for hydroxylation is 1. The van der Waals surface area contributed by atoms with E-state index in [2.05, 4.69) is 0 Å². The Balaban J connectivity index is 2.47. The Bertz CT molecular complexity index is 556. The Kier molecular flexibility index (Phi) is 3.30. The third kappa shape index (κ3) is 2.45. The molecule has 7 heteroatoms. The molecule has 2 unspecified atom stereocenters. The van der Waals surface area contributed by atoms with Gasteiger partial charge in [0.15, 0.2) is 0 Å². The molecule has 1 aliphatic heterocycles. The molecule has 0 radical (unpaired) electrons. The smallest absolute Gasteiger partial charge is 0.295 e. The average Bonchev–Trinajstić information content (AvgIpc) is 2.53. The van der Waals surface area contributed by atoms with E-state index in [1.807, 2.05) is 5.32 Å². The van der Waals surface area contributed by atoms with Crippen molar-refractivity contribution in [2.24, 2.45) is 0 Å². The number of carbonyl (C=O) groups excluding carboxylic acids is 2. The lowest BCUT2D eigenvalue weighted by Gasteiger charge is -2.15. The molecule has 1 saturated heterocycles. The Hall–Kier alpha value is -1.56. The fourth-order valence-electron chi connectivity index (χ4n) is 2.01. The highest BCUT2D eigenvalue weighted by atomic mass is 35.5. The summed E-state index contributed by atoms with van der Waals surface area (Å²) >= 11 is 5.75. The topological polar surface area (TPSA) is 46.2 Å². The first kappa shape index (κ1) is 13.9. The Morgan fingerprint density at radius 3 is 2.32 bits per heavy atom. The molecule has 3 nitrogen and oxygen atoms in total. The van der Waals surface area contributed by atoms with Crippen molar-refractivity contribution in [2.45, 2.75) is 24.4 Å². The predicted molar refractivity (Wildman–Crippen MR) is 61.7 cm³/mol. The minimum atomic E-state index is -4.51. The number of halogens is 4. The maximum absolute atomic E-state index is 12.8. The maximum atomic E-state index is 12.8. The van der Waals surface area contributed by atoms with E-state index >= 15 is 0 Å². The molecule has 1 N–H and O–H groups in total. The molecule has 1 heterocycles. The summed E-state index contributed by atoms with van der Waals surface area (Å²) < 4.78 is 38.4. The molecule has 102 valence electrons. The van der Waals surface area contributed by atoms with Crippen LogP contribution in [0.25, 0.3) is 0 Å². The van der Waals surface area contributed by atoms with E-state index < -0.39 is 34.8 Å². The third-order valence-corrected chi connectivity index (χ3v) is 3.45. The van der Waals surface area contributed by atoms with Crippen LogP contribution < -0.4 is 5.32 Å². The van der Waals surface area contributed by atoms with Gasteiger partial charge in [0, 0.05) is 0 Å². The lowest BCUT2D eigenvalue weighted by molar-refractivity contribution is -0.138. The number of benzene rings is 1. The van der Waals surface area contributed by atoms with Crippen molar-refractivity contribution in [3.63, 3.8) is 0 Å². The second-order valence-corrected chi connectivity index (χ2v) is 4.78. The van der Waals surface area contributed by atoms with Crippen molar-refractivity contribution in [3.05, 3.63) is 34.9 Å².